The van der Waals surface area contributed by atoms with Gasteiger partial charge in [-0.15, -0.1) is 0 Å². The minimum atomic E-state index is -3.03. The normalized spacial score (nSPS) is 20.1. The molecule has 1 unspecified atom stereocenters. The van der Waals surface area contributed by atoms with E-state index in [-0.39, 0.29) is 29.4 Å². The van der Waals surface area contributed by atoms with Crippen LogP contribution >= 0.6 is 15.9 Å². The largest absolute Gasteiger partial charge is 0.333 e. The van der Waals surface area contributed by atoms with Crippen molar-refractivity contribution in [1.82, 2.24) is 15.1 Å². The second-order valence-electron chi connectivity index (χ2n) is 6.36. The Labute approximate surface area is 146 Å². The highest BCUT2D eigenvalue weighted by Crippen LogP contribution is 2.28. The molecule has 130 valence electrons. The Morgan fingerprint density at radius 3 is 2.65 bits per heavy atom. The molecule has 1 atom stereocenters. The van der Waals surface area contributed by atoms with Crippen LogP contribution in [0.1, 0.15) is 62.1 Å². The maximum Gasteiger partial charge on any atom is 0.275 e. The van der Waals surface area contributed by atoms with Gasteiger partial charge in [-0.3, -0.25) is 9.89 Å². The highest BCUT2D eigenvalue weighted by atomic mass is 79.9. The summed E-state index contributed by atoms with van der Waals surface area (Å²) in [7, 11) is -3.03. The number of aromatic nitrogens is 2. The molecular formula is C15H24BrN3O3S. The quantitative estimate of drug-likeness (QED) is 0.788. The van der Waals surface area contributed by atoms with E-state index >= 15 is 0 Å². The maximum atomic E-state index is 12.9. The highest BCUT2D eigenvalue weighted by Gasteiger charge is 2.36. The fourth-order valence-electron chi connectivity index (χ4n) is 2.80. The van der Waals surface area contributed by atoms with Crippen molar-refractivity contribution >= 4 is 31.7 Å². The van der Waals surface area contributed by atoms with Crippen LogP contribution in [-0.4, -0.2) is 53.5 Å². The fourth-order valence-corrected chi connectivity index (χ4v) is 5.34. The molecule has 0 saturated carbocycles. The zero-order valence-electron chi connectivity index (χ0n) is 13.8. The third-order valence-corrected chi connectivity index (χ3v) is 6.73. The summed E-state index contributed by atoms with van der Waals surface area (Å²) in [6.45, 7) is 6.65. The molecule has 2 rings (SSSR count). The Morgan fingerprint density at radius 2 is 2.17 bits per heavy atom. The average molecular weight is 406 g/mol. The van der Waals surface area contributed by atoms with Gasteiger partial charge in [0.15, 0.2) is 15.5 Å². The van der Waals surface area contributed by atoms with Crippen molar-refractivity contribution in [3.63, 3.8) is 0 Å². The number of unbranched alkanes of at least 4 members (excludes halogenated alkanes) is 1. The smallest absolute Gasteiger partial charge is 0.275 e. The van der Waals surface area contributed by atoms with Gasteiger partial charge in [0.1, 0.15) is 0 Å². The Balaban J connectivity index is 2.27. The van der Waals surface area contributed by atoms with Crippen LogP contribution in [0.4, 0.5) is 0 Å². The average Bonchev–Trinajstić information content (AvgIpc) is 3.02. The zero-order valence-corrected chi connectivity index (χ0v) is 16.2. The number of sulfone groups is 1. The predicted molar refractivity (Wildman–Crippen MR) is 93.4 cm³/mol. The molecule has 1 N–H and O–H groups in total. The lowest BCUT2D eigenvalue weighted by molar-refractivity contribution is 0.0687. The van der Waals surface area contributed by atoms with Gasteiger partial charge in [-0.2, -0.15) is 5.10 Å². The molecule has 0 aromatic carbocycles. The molecule has 0 radical (unpaired) electrons. The first-order valence-electron chi connectivity index (χ1n) is 8.02. The van der Waals surface area contributed by atoms with Gasteiger partial charge in [-0.1, -0.05) is 27.2 Å². The number of carbonyl (C=O) groups is 1. The van der Waals surface area contributed by atoms with E-state index in [1.807, 2.05) is 13.8 Å². The SMILES string of the molecule is CCCCN(C(=O)c1n[nH]c(C(C)C)c1Br)C1CCS(=O)(=O)C1. The Hall–Kier alpha value is -0.890. The van der Waals surface area contributed by atoms with E-state index in [9.17, 15) is 13.2 Å². The van der Waals surface area contributed by atoms with Gasteiger partial charge >= 0.3 is 0 Å². The van der Waals surface area contributed by atoms with E-state index < -0.39 is 9.84 Å². The highest BCUT2D eigenvalue weighted by molar-refractivity contribution is 9.10. The molecule has 0 aliphatic carbocycles. The molecule has 1 aromatic rings. The molecular weight excluding hydrogens is 382 g/mol. The van der Waals surface area contributed by atoms with E-state index in [4.69, 9.17) is 0 Å². The second kappa shape index (κ2) is 7.34. The number of nitrogens with one attached hydrogen (secondary N) is 1. The lowest BCUT2D eigenvalue weighted by Gasteiger charge is -2.27. The number of carbonyl (C=O) groups excluding carboxylic acids is 1. The van der Waals surface area contributed by atoms with E-state index in [0.717, 1.165) is 18.5 Å². The van der Waals surface area contributed by atoms with Crippen molar-refractivity contribution in [2.45, 2.75) is 52.0 Å². The molecule has 0 bridgehead atoms. The van der Waals surface area contributed by atoms with Crippen LogP contribution in [-0.2, 0) is 9.84 Å². The first-order chi connectivity index (χ1) is 10.8. The zero-order chi connectivity index (χ0) is 17.2. The van der Waals surface area contributed by atoms with Gasteiger partial charge in [-0.25, -0.2) is 8.42 Å². The molecule has 1 amide bonds. The standard InChI is InChI=1S/C15H24BrN3O3S/c1-4-5-7-19(11-6-8-23(21,22)9-11)15(20)14-12(16)13(10(2)3)17-18-14/h10-11H,4-9H2,1-3H3,(H,17,18). The van der Waals surface area contributed by atoms with Crippen LogP contribution in [0.5, 0.6) is 0 Å². The first-order valence-corrected chi connectivity index (χ1v) is 10.6. The van der Waals surface area contributed by atoms with Crippen LogP contribution in [0.3, 0.4) is 0 Å². The van der Waals surface area contributed by atoms with Crippen LogP contribution in [0, 0.1) is 0 Å². The van der Waals surface area contributed by atoms with Gasteiger partial charge in [0.25, 0.3) is 5.91 Å². The molecule has 1 aliphatic rings. The summed E-state index contributed by atoms with van der Waals surface area (Å²) >= 11 is 3.46. The second-order valence-corrected chi connectivity index (χ2v) is 9.39. The molecule has 6 nitrogen and oxygen atoms in total. The van der Waals surface area contributed by atoms with Crippen LogP contribution < -0.4 is 0 Å². The number of halogens is 1. The molecule has 23 heavy (non-hydrogen) atoms. The van der Waals surface area contributed by atoms with Crippen molar-refractivity contribution in [3.05, 3.63) is 15.9 Å². The summed E-state index contributed by atoms with van der Waals surface area (Å²) in [4.78, 5) is 14.6. The molecule has 1 fully saturated rings. The van der Waals surface area contributed by atoms with Crippen molar-refractivity contribution in [2.75, 3.05) is 18.1 Å². The number of H-pyrrole nitrogens is 1. The number of aromatic amines is 1. The number of nitrogens with zero attached hydrogens (tertiary/aromatic N) is 2. The number of amides is 1. The van der Waals surface area contributed by atoms with Crippen LogP contribution in [0.25, 0.3) is 0 Å². The van der Waals surface area contributed by atoms with Gasteiger partial charge in [0.05, 0.1) is 21.7 Å². The summed E-state index contributed by atoms with van der Waals surface area (Å²) < 4.78 is 24.2. The number of hydrogen-bond acceptors (Lipinski definition) is 4. The van der Waals surface area contributed by atoms with Crippen molar-refractivity contribution in [1.29, 1.82) is 0 Å². The van der Waals surface area contributed by atoms with Crippen LogP contribution in [0.2, 0.25) is 0 Å². The van der Waals surface area contributed by atoms with Gasteiger partial charge in [0.2, 0.25) is 0 Å². The molecule has 1 saturated heterocycles. The van der Waals surface area contributed by atoms with Crippen molar-refractivity contribution < 1.29 is 13.2 Å². The first kappa shape index (κ1) is 18.4. The predicted octanol–water partition coefficient (Wildman–Crippen LogP) is 2.73. The lowest BCUT2D eigenvalue weighted by atomic mass is 10.1. The molecule has 1 aliphatic heterocycles. The van der Waals surface area contributed by atoms with Gasteiger partial charge < -0.3 is 4.90 Å². The topological polar surface area (TPSA) is 83.1 Å². The molecule has 8 heteroatoms. The third kappa shape index (κ3) is 4.15. The lowest BCUT2D eigenvalue weighted by Crippen LogP contribution is -2.42. The van der Waals surface area contributed by atoms with E-state index in [2.05, 4.69) is 33.1 Å². The summed E-state index contributed by atoms with van der Waals surface area (Å²) in [5, 5.41) is 7.07. The van der Waals surface area contributed by atoms with E-state index in [0.29, 0.717) is 23.1 Å². The van der Waals surface area contributed by atoms with Gasteiger partial charge in [0, 0.05) is 12.6 Å². The summed E-state index contributed by atoms with van der Waals surface area (Å²) in [6.07, 6.45) is 2.31. The van der Waals surface area contributed by atoms with Crippen molar-refractivity contribution in [2.24, 2.45) is 0 Å². The summed E-state index contributed by atoms with van der Waals surface area (Å²) in [6, 6.07) is -0.245. The summed E-state index contributed by atoms with van der Waals surface area (Å²) in [5.74, 6) is 0.235. The number of hydrogen-bond donors (Lipinski definition) is 1. The monoisotopic (exact) mass is 405 g/mol. The summed E-state index contributed by atoms with van der Waals surface area (Å²) in [5.41, 5.74) is 1.22. The van der Waals surface area contributed by atoms with Crippen LogP contribution in [0.15, 0.2) is 4.47 Å². The van der Waals surface area contributed by atoms with E-state index in [1.165, 1.54) is 0 Å². The fraction of sp³-hybridized carbons (Fsp3) is 0.733. The minimum absolute atomic E-state index is 0.0571. The van der Waals surface area contributed by atoms with Crippen molar-refractivity contribution in [3.8, 4) is 0 Å². The third-order valence-electron chi connectivity index (χ3n) is 4.18. The Kier molecular flexibility index (Phi) is 5.89. The number of rotatable bonds is 6. The maximum absolute atomic E-state index is 12.9. The van der Waals surface area contributed by atoms with E-state index in [1.54, 1.807) is 4.90 Å². The Morgan fingerprint density at radius 1 is 1.48 bits per heavy atom. The molecule has 0 spiro atoms. The Bertz CT molecular complexity index is 670. The molecule has 1 aromatic heterocycles. The van der Waals surface area contributed by atoms with Gasteiger partial charge in [-0.05, 0) is 34.7 Å². The minimum Gasteiger partial charge on any atom is -0.333 e. The molecule has 2 heterocycles.